The molecule has 0 aliphatic carbocycles. The van der Waals surface area contributed by atoms with Crippen molar-refractivity contribution >= 4 is 0 Å². The molecule has 0 saturated carbocycles. The lowest BCUT2D eigenvalue weighted by Crippen LogP contribution is -2.04. The maximum Gasteiger partial charge on any atom is 0.175 e. The van der Waals surface area contributed by atoms with Crippen molar-refractivity contribution in [3.8, 4) is 11.6 Å². The van der Waals surface area contributed by atoms with Crippen LogP contribution in [0.4, 0.5) is 0 Å². The summed E-state index contributed by atoms with van der Waals surface area (Å²) in [7, 11) is 0. The molecular formula is C10H8N6. The van der Waals surface area contributed by atoms with Gasteiger partial charge in [-0.1, -0.05) is 0 Å². The van der Waals surface area contributed by atoms with Gasteiger partial charge in [-0.25, -0.2) is 9.36 Å². The second kappa shape index (κ2) is 3.58. The quantitative estimate of drug-likeness (QED) is 0.631. The molecule has 16 heavy (non-hydrogen) atoms. The van der Waals surface area contributed by atoms with Crippen molar-refractivity contribution in [2.24, 2.45) is 0 Å². The van der Waals surface area contributed by atoms with Gasteiger partial charge in [-0.05, 0) is 24.3 Å². The van der Waals surface area contributed by atoms with Gasteiger partial charge < -0.3 is 0 Å². The predicted molar refractivity (Wildman–Crippen MR) is 56.3 cm³/mol. The smallest absolute Gasteiger partial charge is 0.175 e. The fourth-order valence-electron chi connectivity index (χ4n) is 1.37. The van der Waals surface area contributed by atoms with Crippen molar-refractivity contribution in [2.45, 2.75) is 0 Å². The molecule has 0 unspecified atom stereocenters. The minimum Gasteiger partial charge on any atom is -0.221 e. The third-order valence-electron chi connectivity index (χ3n) is 2.11. The zero-order chi connectivity index (χ0) is 10.8. The Hall–Kier alpha value is -2.50. The van der Waals surface area contributed by atoms with Crippen LogP contribution in [-0.2, 0) is 0 Å². The lowest BCUT2D eigenvalue weighted by molar-refractivity contribution is 0.773. The molecule has 0 spiro atoms. The van der Waals surface area contributed by atoms with Crippen LogP contribution in [0.3, 0.4) is 0 Å². The third kappa shape index (κ3) is 1.46. The SMILES string of the molecule is c1cnn(-c2ccc(-n3cccn3)nn2)c1. The Morgan fingerprint density at radius 1 is 0.750 bits per heavy atom. The topological polar surface area (TPSA) is 61.4 Å². The lowest BCUT2D eigenvalue weighted by atomic mass is 10.5. The van der Waals surface area contributed by atoms with Gasteiger partial charge in [0.25, 0.3) is 0 Å². The summed E-state index contributed by atoms with van der Waals surface area (Å²) in [6.07, 6.45) is 7.03. The van der Waals surface area contributed by atoms with Crippen LogP contribution in [-0.4, -0.2) is 29.8 Å². The van der Waals surface area contributed by atoms with Crippen molar-refractivity contribution in [1.29, 1.82) is 0 Å². The van der Waals surface area contributed by atoms with E-state index in [0.717, 1.165) is 0 Å². The number of aromatic nitrogens is 6. The van der Waals surface area contributed by atoms with Crippen molar-refractivity contribution < 1.29 is 0 Å². The third-order valence-corrected chi connectivity index (χ3v) is 2.11. The largest absolute Gasteiger partial charge is 0.221 e. The van der Waals surface area contributed by atoms with E-state index in [0.29, 0.717) is 11.6 Å². The second-order valence-corrected chi connectivity index (χ2v) is 3.15. The van der Waals surface area contributed by atoms with Crippen LogP contribution in [0.15, 0.2) is 49.1 Å². The summed E-state index contributed by atoms with van der Waals surface area (Å²) in [5.41, 5.74) is 0. The van der Waals surface area contributed by atoms with Gasteiger partial charge in [0.05, 0.1) is 0 Å². The summed E-state index contributed by atoms with van der Waals surface area (Å²) in [5, 5.41) is 16.3. The second-order valence-electron chi connectivity index (χ2n) is 3.15. The molecule has 3 heterocycles. The van der Waals surface area contributed by atoms with Crippen LogP contribution in [0.25, 0.3) is 11.6 Å². The molecule has 0 N–H and O–H groups in total. The number of rotatable bonds is 2. The normalized spacial score (nSPS) is 10.5. The van der Waals surface area contributed by atoms with E-state index in [2.05, 4.69) is 20.4 Å². The first-order valence-electron chi connectivity index (χ1n) is 4.77. The Balaban J connectivity index is 1.97. The van der Waals surface area contributed by atoms with Crippen LogP contribution >= 0.6 is 0 Å². The van der Waals surface area contributed by atoms with E-state index < -0.39 is 0 Å². The van der Waals surface area contributed by atoms with Crippen LogP contribution in [0.2, 0.25) is 0 Å². The van der Waals surface area contributed by atoms with E-state index >= 15 is 0 Å². The van der Waals surface area contributed by atoms with E-state index in [4.69, 9.17) is 0 Å². The summed E-state index contributed by atoms with van der Waals surface area (Å²) in [4.78, 5) is 0. The van der Waals surface area contributed by atoms with Gasteiger partial charge in [0.15, 0.2) is 11.6 Å². The average molecular weight is 212 g/mol. The van der Waals surface area contributed by atoms with Crippen molar-refractivity contribution in [3.63, 3.8) is 0 Å². The minimum atomic E-state index is 0.681. The van der Waals surface area contributed by atoms with Gasteiger partial charge in [-0.3, -0.25) is 0 Å². The van der Waals surface area contributed by atoms with E-state index in [-0.39, 0.29) is 0 Å². The molecule has 0 fully saturated rings. The standard InChI is InChI=1S/C10H8N6/c1-5-11-15(7-1)9-3-4-10(14-13-9)16-8-2-6-12-16/h1-8H. The summed E-state index contributed by atoms with van der Waals surface area (Å²) in [6.45, 7) is 0. The number of hydrogen-bond donors (Lipinski definition) is 0. The van der Waals surface area contributed by atoms with E-state index in [1.807, 2.05) is 36.7 Å². The monoisotopic (exact) mass is 212 g/mol. The molecule has 0 atom stereocenters. The van der Waals surface area contributed by atoms with Gasteiger partial charge in [0.2, 0.25) is 0 Å². The van der Waals surface area contributed by atoms with Crippen LogP contribution < -0.4 is 0 Å². The Kier molecular flexibility index (Phi) is 1.96. The lowest BCUT2D eigenvalue weighted by Gasteiger charge is -2.01. The van der Waals surface area contributed by atoms with Crippen molar-refractivity contribution in [2.75, 3.05) is 0 Å². The van der Waals surface area contributed by atoms with Gasteiger partial charge in [-0.2, -0.15) is 10.2 Å². The fourth-order valence-corrected chi connectivity index (χ4v) is 1.37. The molecule has 6 heteroatoms. The van der Waals surface area contributed by atoms with Crippen molar-refractivity contribution in [3.05, 3.63) is 49.1 Å². The van der Waals surface area contributed by atoms with E-state index in [9.17, 15) is 0 Å². The van der Waals surface area contributed by atoms with Gasteiger partial charge in [0, 0.05) is 24.8 Å². The van der Waals surface area contributed by atoms with Gasteiger partial charge >= 0.3 is 0 Å². The maximum atomic E-state index is 4.07. The zero-order valence-electron chi connectivity index (χ0n) is 8.30. The Morgan fingerprint density at radius 3 is 1.56 bits per heavy atom. The molecule has 0 amide bonds. The zero-order valence-corrected chi connectivity index (χ0v) is 8.30. The van der Waals surface area contributed by atoms with Crippen LogP contribution in [0.5, 0.6) is 0 Å². The molecule has 78 valence electrons. The molecule has 0 radical (unpaired) electrons. The molecule has 0 aliphatic heterocycles. The maximum absolute atomic E-state index is 4.07. The van der Waals surface area contributed by atoms with Gasteiger partial charge in [-0.15, -0.1) is 10.2 Å². The highest BCUT2D eigenvalue weighted by atomic mass is 15.4. The van der Waals surface area contributed by atoms with Gasteiger partial charge in [0.1, 0.15) is 0 Å². The Bertz CT molecular complexity index is 499. The highest BCUT2D eigenvalue weighted by Gasteiger charge is 2.01. The van der Waals surface area contributed by atoms with E-state index in [1.54, 1.807) is 21.8 Å². The Labute approximate surface area is 91.2 Å². The summed E-state index contributed by atoms with van der Waals surface area (Å²) < 4.78 is 3.31. The summed E-state index contributed by atoms with van der Waals surface area (Å²) >= 11 is 0. The molecule has 3 aromatic heterocycles. The molecule has 3 aromatic rings. The molecule has 0 saturated heterocycles. The highest BCUT2D eigenvalue weighted by Crippen LogP contribution is 2.04. The van der Waals surface area contributed by atoms with Crippen LogP contribution in [0.1, 0.15) is 0 Å². The van der Waals surface area contributed by atoms with Crippen molar-refractivity contribution in [1.82, 2.24) is 29.8 Å². The minimum absolute atomic E-state index is 0.681. The number of hydrogen-bond acceptors (Lipinski definition) is 4. The van der Waals surface area contributed by atoms with E-state index in [1.165, 1.54) is 0 Å². The molecule has 0 aromatic carbocycles. The number of nitrogens with zero attached hydrogens (tertiary/aromatic N) is 6. The summed E-state index contributed by atoms with van der Waals surface area (Å²) in [6, 6.07) is 7.36. The predicted octanol–water partition coefficient (Wildman–Crippen LogP) is 0.848. The average Bonchev–Trinajstić information content (AvgIpc) is 3.03. The molecule has 6 nitrogen and oxygen atoms in total. The molecule has 0 aliphatic rings. The molecular weight excluding hydrogens is 204 g/mol. The first kappa shape index (κ1) is 8.78. The molecule has 3 rings (SSSR count). The molecule has 0 bridgehead atoms. The highest BCUT2D eigenvalue weighted by molar-refractivity contribution is 5.26. The first-order valence-corrected chi connectivity index (χ1v) is 4.77. The Morgan fingerprint density at radius 2 is 1.25 bits per heavy atom. The van der Waals surface area contributed by atoms with Crippen LogP contribution in [0, 0.1) is 0 Å². The first-order chi connectivity index (χ1) is 7.93. The fraction of sp³-hybridized carbons (Fsp3) is 0. The summed E-state index contributed by atoms with van der Waals surface area (Å²) in [5.74, 6) is 1.36.